The van der Waals surface area contributed by atoms with Gasteiger partial charge in [-0.15, -0.1) is 0 Å². The molecular weight excluding hydrogens is 449 g/mol. The first-order valence-electron chi connectivity index (χ1n) is 10.5. The molecule has 1 fully saturated rings. The van der Waals surface area contributed by atoms with E-state index in [-0.39, 0.29) is 16.6 Å². The zero-order valence-corrected chi connectivity index (χ0v) is 19.2. The maximum absolute atomic E-state index is 12.9. The minimum Gasteiger partial charge on any atom is -0.350 e. The Morgan fingerprint density at radius 3 is 2.31 bits per heavy atom. The predicted molar refractivity (Wildman–Crippen MR) is 126 cm³/mol. The van der Waals surface area contributed by atoms with Crippen LogP contribution in [0.4, 0.5) is 11.4 Å². The van der Waals surface area contributed by atoms with E-state index in [0.717, 1.165) is 42.0 Å². The molecule has 2 aliphatic heterocycles. The van der Waals surface area contributed by atoms with Gasteiger partial charge in [0.15, 0.2) is 0 Å². The van der Waals surface area contributed by atoms with Gasteiger partial charge in [0, 0.05) is 23.8 Å². The number of imide groups is 1. The summed E-state index contributed by atoms with van der Waals surface area (Å²) >= 11 is 12.3. The van der Waals surface area contributed by atoms with Crippen molar-refractivity contribution in [2.24, 2.45) is 0 Å². The Balaban J connectivity index is 1.45. The summed E-state index contributed by atoms with van der Waals surface area (Å²) in [5, 5.41) is 3.22. The number of carbonyl (C=O) groups is 3. The van der Waals surface area contributed by atoms with Gasteiger partial charge in [0.05, 0.1) is 12.1 Å². The zero-order valence-electron chi connectivity index (χ0n) is 17.7. The summed E-state index contributed by atoms with van der Waals surface area (Å²) in [6, 6.07) is 12.1. The number of hydrogen-bond donors (Lipinski definition) is 1. The molecule has 6 nitrogen and oxygen atoms in total. The zero-order chi connectivity index (χ0) is 22.8. The summed E-state index contributed by atoms with van der Waals surface area (Å²) in [5.41, 5.74) is 2.68. The fraction of sp³-hybridized carbons (Fsp3) is 0.292. The van der Waals surface area contributed by atoms with Crippen molar-refractivity contribution >= 4 is 52.3 Å². The van der Waals surface area contributed by atoms with Crippen molar-refractivity contribution in [2.75, 3.05) is 23.3 Å². The number of nitrogens with zero attached hydrogens (tertiary/aromatic N) is 2. The summed E-state index contributed by atoms with van der Waals surface area (Å²) < 4.78 is 0. The highest BCUT2D eigenvalue weighted by molar-refractivity contribution is 6.53. The summed E-state index contributed by atoms with van der Waals surface area (Å²) in [4.78, 5) is 40.9. The number of aryl methyl sites for hydroxylation is 1. The van der Waals surface area contributed by atoms with Gasteiger partial charge in [-0.25, -0.2) is 4.90 Å². The van der Waals surface area contributed by atoms with Crippen LogP contribution in [0.3, 0.4) is 0 Å². The monoisotopic (exact) mass is 471 g/mol. The molecule has 166 valence electrons. The number of amides is 3. The van der Waals surface area contributed by atoms with Crippen LogP contribution in [0.25, 0.3) is 0 Å². The lowest BCUT2D eigenvalue weighted by atomic mass is 10.1. The standard InChI is InChI=1S/C24H23Cl2N3O3/c1-15-5-10-18(14-19(15)25)29-23(31)21(26)22(24(29)32)27-17-8-6-16(7-9-17)13-20(30)28-11-3-2-4-12-28/h5-10,14,27H,2-4,11-13H2,1H3. The first-order valence-corrected chi connectivity index (χ1v) is 11.3. The molecule has 2 aromatic rings. The number of carbonyl (C=O) groups excluding carboxylic acids is 3. The summed E-state index contributed by atoms with van der Waals surface area (Å²) in [7, 11) is 0. The van der Waals surface area contributed by atoms with E-state index in [1.165, 1.54) is 6.42 Å². The highest BCUT2D eigenvalue weighted by Gasteiger charge is 2.39. The van der Waals surface area contributed by atoms with Crippen LogP contribution >= 0.6 is 23.2 Å². The first kappa shape index (κ1) is 22.4. The molecule has 1 N–H and O–H groups in total. The van der Waals surface area contributed by atoms with Crippen molar-refractivity contribution in [1.82, 2.24) is 4.90 Å². The van der Waals surface area contributed by atoms with Gasteiger partial charge < -0.3 is 10.2 Å². The third-order valence-corrected chi connectivity index (χ3v) is 6.49. The molecule has 3 amide bonds. The molecule has 1 saturated heterocycles. The Bertz CT molecular complexity index is 1110. The molecule has 0 atom stereocenters. The molecule has 0 radical (unpaired) electrons. The Kier molecular flexibility index (Phi) is 6.53. The second kappa shape index (κ2) is 9.35. The van der Waals surface area contributed by atoms with Gasteiger partial charge in [-0.3, -0.25) is 14.4 Å². The maximum atomic E-state index is 12.9. The van der Waals surface area contributed by atoms with E-state index in [1.807, 2.05) is 24.0 Å². The van der Waals surface area contributed by atoms with E-state index in [1.54, 1.807) is 30.3 Å². The quantitative estimate of drug-likeness (QED) is 0.644. The van der Waals surface area contributed by atoms with Crippen molar-refractivity contribution in [3.8, 4) is 0 Å². The van der Waals surface area contributed by atoms with Crippen LogP contribution < -0.4 is 10.2 Å². The molecule has 8 heteroatoms. The summed E-state index contributed by atoms with van der Waals surface area (Å²) in [6.07, 6.45) is 3.63. The molecule has 32 heavy (non-hydrogen) atoms. The number of likely N-dealkylation sites (tertiary alicyclic amines) is 1. The van der Waals surface area contributed by atoms with Crippen molar-refractivity contribution in [3.63, 3.8) is 0 Å². The molecule has 2 heterocycles. The normalized spacial score (nSPS) is 16.7. The summed E-state index contributed by atoms with van der Waals surface area (Å²) in [6.45, 7) is 3.48. The van der Waals surface area contributed by atoms with E-state index >= 15 is 0 Å². The van der Waals surface area contributed by atoms with Crippen LogP contribution in [0.15, 0.2) is 53.2 Å². The Morgan fingerprint density at radius 2 is 1.66 bits per heavy atom. The molecule has 2 aliphatic rings. The average Bonchev–Trinajstić information content (AvgIpc) is 3.00. The second-order valence-electron chi connectivity index (χ2n) is 8.01. The molecule has 0 aromatic heterocycles. The van der Waals surface area contributed by atoms with Crippen LogP contribution in [0.2, 0.25) is 5.02 Å². The lowest BCUT2D eigenvalue weighted by Crippen LogP contribution is -2.36. The molecule has 2 aromatic carbocycles. The number of hydrogen-bond acceptors (Lipinski definition) is 4. The Labute approximate surface area is 196 Å². The minimum absolute atomic E-state index is 0.00510. The number of nitrogens with one attached hydrogen (secondary N) is 1. The number of rotatable bonds is 5. The van der Waals surface area contributed by atoms with Gasteiger partial charge in [-0.05, 0) is 61.6 Å². The number of piperidine rings is 1. The Morgan fingerprint density at radius 1 is 0.969 bits per heavy atom. The molecular formula is C24H23Cl2N3O3. The highest BCUT2D eigenvalue weighted by atomic mass is 35.5. The van der Waals surface area contributed by atoms with Crippen LogP contribution in [0.1, 0.15) is 30.4 Å². The van der Waals surface area contributed by atoms with Gasteiger partial charge >= 0.3 is 0 Å². The van der Waals surface area contributed by atoms with E-state index < -0.39 is 11.8 Å². The van der Waals surface area contributed by atoms with Gasteiger partial charge in [0.1, 0.15) is 10.7 Å². The lowest BCUT2D eigenvalue weighted by molar-refractivity contribution is -0.131. The van der Waals surface area contributed by atoms with Gasteiger partial charge in [-0.2, -0.15) is 0 Å². The number of halogens is 2. The first-order chi connectivity index (χ1) is 15.3. The number of anilines is 2. The van der Waals surface area contributed by atoms with Gasteiger partial charge in [-0.1, -0.05) is 41.4 Å². The second-order valence-corrected chi connectivity index (χ2v) is 8.79. The van der Waals surface area contributed by atoms with E-state index in [2.05, 4.69) is 5.32 Å². The van der Waals surface area contributed by atoms with E-state index in [9.17, 15) is 14.4 Å². The molecule has 0 spiro atoms. The van der Waals surface area contributed by atoms with Crippen LogP contribution in [-0.4, -0.2) is 35.7 Å². The lowest BCUT2D eigenvalue weighted by Gasteiger charge is -2.26. The highest BCUT2D eigenvalue weighted by Crippen LogP contribution is 2.32. The topological polar surface area (TPSA) is 69.7 Å². The van der Waals surface area contributed by atoms with Crippen LogP contribution in [-0.2, 0) is 20.8 Å². The fourth-order valence-corrected chi connectivity index (χ4v) is 4.23. The molecule has 4 rings (SSSR count). The van der Waals surface area contributed by atoms with Crippen LogP contribution in [0.5, 0.6) is 0 Å². The molecule has 0 saturated carbocycles. The van der Waals surface area contributed by atoms with Gasteiger partial charge in [0.2, 0.25) is 5.91 Å². The van der Waals surface area contributed by atoms with Crippen molar-refractivity contribution < 1.29 is 14.4 Å². The summed E-state index contributed by atoms with van der Waals surface area (Å²) in [5.74, 6) is -1.03. The predicted octanol–water partition coefficient (Wildman–Crippen LogP) is 4.64. The van der Waals surface area contributed by atoms with Gasteiger partial charge in [0.25, 0.3) is 11.8 Å². The molecule has 0 aliphatic carbocycles. The number of benzene rings is 2. The van der Waals surface area contributed by atoms with E-state index in [4.69, 9.17) is 23.2 Å². The third-order valence-electron chi connectivity index (χ3n) is 5.73. The Hall–Kier alpha value is -2.83. The van der Waals surface area contributed by atoms with Crippen LogP contribution in [0, 0.1) is 6.92 Å². The average molecular weight is 472 g/mol. The van der Waals surface area contributed by atoms with Crippen molar-refractivity contribution in [1.29, 1.82) is 0 Å². The largest absolute Gasteiger partial charge is 0.350 e. The molecule has 0 unspecified atom stereocenters. The third kappa shape index (κ3) is 4.52. The maximum Gasteiger partial charge on any atom is 0.283 e. The van der Waals surface area contributed by atoms with Crippen molar-refractivity contribution in [3.05, 3.63) is 69.3 Å². The molecule has 0 bridgehead atoms. The minimum atomic E-state index is -0.608. The van der Waals surface area contributed by atoms with E-state index in [0.29, 0.717) is 22.8 Å². The smallest absolute Gasteiger partial charge is 0.283 e. The van der Waals surface area contributed by atoms with Crippen molar-refractivity contribution in [2.45, 2.75) is 32.6 Å². The fourth-order valence-electron chi connectivity index (χ4n) is 3.85. The SMILES string of the molecule is Cc1ccc(N2C(=O)C(Cl)=C(Nc3ccc(CC(=O)N4CCCCC4)cc3)C2=O)cc1Cl.